The van der Waals surface area contributed by atoms with E-state index in [2.05, 4.69) is 6.58 Å². The zero-order chi connectivity index (χ0) is 9.14. The van der Waals surface area contributed by atoms with Crippen LogP contribution in [0.5, 0.6) is 0 Å². The van der Waals surface area contributed by atoms with Crippen LogP contribution in [0.15, 0.2) is 30.8 Å². The Balaban J connectivity index is 3.03. The summed E-state index contributed by atoms with van der Waals surface area (Å²) in [6.45, 7) is 3.77. The minimum Gasteiger partial charge on any atom is -0.378 e. The molecular weight excluding hydrogens is 153 g/mol. The van der Waals surface area contributed by atoms with E-state index in [1.165, 1.54) is 6.07 Å². The molecule has 2 heteroatoms. The van der Waals surface area contributed by atoms with Crippen LogP contribution < -0.4 is 0 Å². The topological polar surface area (TPSA) is 3.24 Å². The third-order valence-electron chi connectivity index (χ3n) is 1.72. The first-order chi connectivity index (χ1) is 5.63. The number of halogens is 1. The number of hydrogen-bond donors (Lipinski definition) is 0. The van der Waals surface area contributed by atoms with Crippen LogP contribution in [0.1, 0.15) is 5.56 Å². The molecule has 1 rings (SSSR count). The van der Waals surface area contributed by atoms with Gasteiger partial charge in [-0.05, 0) is 12.1 Å². The summed E-state index contributed by atoms with van der Waals surface area (Å²) < 4.78 is 13.1. The largest absolute Gasteiger partial charge is 0.378 e. The van der Waals surface area contributed by atoms with E-state index < -0.39 is 0 Å². The quantitative estimate of drug-likeness (QED) is 0.650. The summed E-state index contributed by atoms with van der Waals surface area (Å²) in [6.07, 6.45) is 0. The zero-order valence-corrected chi connectivity index (χ0v) is 7.34. The molecule has 0 N–H and O–H groups in total. The lowest BCUT2D eigenvalue weighted by molar-refractivity contribution is 0.573. The maximum atomic E-state index is 13.1. The molecule has 12 heavy (non-hydrogen) atoms. The molecule has 1 nitrogen and oxygen atoms in total. The van der Waals surface area contributed by atoms with Crippen LogP contribution in [-0.4, -0.2) is 19.0 Å². The Kier molecular flexibility index (Phi) is 2.48. The predicted octanol–water partition coefficient (Wildman–Crippen LogP) is 2.36. The molecule has 0 aromatic heterocycles. The molecule has 0 saturated carbocycles. The Hall–Kier alpha value is -1.31. The van der Waals surface area contributed by atoms with Gasteiger partial charge in [0.2, 0.25) is 0 Å². The van der Waals surface area contributed by atoms with E-state index in [1.54, 1.807) is 23.1 Å². The van der Waals surface area contributed by atoms with Crippen LogP contribution in [-0.2, 0) is 0 Å². The van der Waals surface area contributed by atoms with Gasteiger partial charge >= 0.3 is 0 Å². The first-order valence-corrected chi connectivity index (χ1v) is 3.74. The van der Waals surface area contributed by atoms with Gasteiger partial charge in [-0.2, -0.15) is 0 Å². The Bertz CT molecular complexity index is 292. The smallest absolute Gasteiger partial charge is 0.132 e. The summed E-state index contributed by atoms with van der Waals surface area (Å²) in [4.78, 5) is 1.79. The van der Waals surface area contributed by atoms with Crippen molar-refractivity contribution < 1.29 is 4.39 Å². The van der Waals surface area contributed by atoms with E-state index in [0.717, 1.165) is 0 Å². The van der Waals surface area contributed by atoms with E-state index in [4.69, 9.17) is 0 Å². The van der Waals surface area contributed by atoms with Gasteiger partial charge in [-0.1, -0.05) is 18.7 Å². The fourth-order valence-electron chi connectivity index (χ4n) is 0.936. The van der Waals surface area contributed by atoms with Crippen molar-refractivity contribution in [1.29, 1.82) is 0 Å². The van der Waals surface area contributed by atoms with Gasteiger partial charge in [0.1, 0.15) is 5.82 Å². The monoisotopic (exact) mass is 165 g/mol. The van der Waals surface area contributed by atoms with Gasteiger partial charge in [-0.25, -0.2) is 4.39 Å². The van der Waals surface area contributed by atoms with Crippen molar-refractivity contribution in [3.8, 4) is 0 Å². The molecule has 0 aliphatic carbocycles. The second-order valence-corrected chi connectivity index (χ2v) is 2.82. The highest BCUT2D eigenvalue weighted by atomic mass is 19.1. The normalized spacial score (nSPS) is 9.58. The van der Waals surface area contributed by atoms with Crippen LogP contribution in [0, 0.1) is 5.82 Å². The van der Waals surface area contributed by atoms with Gasteiger partial charge < -0.3 is 4.90 Å². The number of hydrogen-bond acceptors (Lipinski definition) is 1. The van der Waals surface area contributed by atoms with Gasteiger partial charge in [0.05, 0.1) is 0 Å². The lowest BCUT2D eigenvalue weighted by Crippen LogP contribution is -2.09. The molecule has 0 bridgehead atoms. The lowest BCUT2D eigenvalue weighted by atomic mass is 10.1. The maximum Gasteiger partial charge on any atom is 0.132 e. The molecule has 0 atom stereocenters. The summed E-state index contributed by atoms with van der Waals surface area (Å²) in [6, 6.07) is 6.62. The zero-order valence-electron chi connectivity index (χ0n) is 7.34. The average molecular weight is 165 g/mol. The lowest BCUT2D eigenvalue weighted by Gasteiger charge is -2.15. The van der Waals surface area contributed by atoms with Crippen LogP contribution in [0.3, 0.4) is 0 Å². The maximum absolute atomic E-state index is 13.1. The van der Waals surface area contributed by atoms with Crippen molar-refractivity contribution in [3.63, 3.8) is 0 Å². The van der Waals surface area contributed by atoms with E-state index in [-0.39, 0.29) is 5.82 Å². The minimum atomic E-state index is -0.226. The van der Waals surface area contributed by atoms with Crippen LogP contribution in [0.4, 0.5) is 4.39 Å². The minimum absolute atomic E-state index is 0.226. The summed E-state index contributed by atoms with van der Waals surface area (Å²) in [5.74, 6) is -0.226. The van der Waals surface area contributed by atoms with Gasteiger partial charge in [0, 0.05) is 25.4 Å². The standard InChI is InChI=1S/C10H12FN/c1-8(12(2)3)9-6-4-5-7-10(9)11/h4-7H,1H2,2-3H3. The van der Waals surface area contributed by atoms with E-state index in [0.29, 0.717) is 11.3 Å². The van der Waals surface area contributed by atoms with Gasteiger partial charge in [-0.15, -0.1) is 0 Å². The van der Waals surface area contributed by atoms with Crippen molar-refractivity contribution >= 4 is 5.70 Å². The first kappa shape index (κ1) is 8.78. The van der Waals surface area contributed by atoms with Crippen molar-refractivity contribution in [2.24, 2.45) is 0 Å². The fourth-order valence-corrected chi connectivity index (χ4v) is 0.936. The van der Waals surface area contributed by atoms with Crippen molar-refractivity contribution in [3.05, 3.63) is 42.2 Å². The molecule has 0 fully saturated rings. The summed E-state index contributed by atoms with van der Waals surface area (Å²) >= 11 is 0. The highest BCUT2D eigenvalue weighted by molar-refractivity contribution is 5.61. The highest BCUT2D eigenvalue weighted by Gasteiger charge is 2.05. The van der Waals surface area contributed by atoms with Gasteiger partial charge in [0.25, 0.3) is 0 Å². The molecule has 0 radical (unpaired) electrons. The third kappa shape index (κ3) is 1.64. The van der Waals surface area contributed by atoms with Crippen molar-refractivity contribution in [2.75, 3.05) is 14.1 Å². The second kappa shape index (κ2) is 3.39. The summed E-state index contributed by atoms with van der Waals surface area (Å²) in [5.41, 5.74) is 1.25. The Labute approximate surface area is 72.1 Å². The van der Waals surface area contributed by atoms with E-state index >= 15 is 0 Å². The van der Waals surface area contributed by atoms with Crippen molar-refractivity contribution in [2.45, 2.75) is 0 Å². The Morgan fingerprint density at radius 3 is 2.42 bits per heavy atom. The van der Waals surface area contributed by atoms with Crippen molar-refractivity contribution in [1.82, 2.24) is 4.90 Å². The molecule has 0 saturated heterocycles. The number of benzene rings is 1. The highest BCUT2D eigenvalue weighted by Crippen LogP contribution is 2.17. The average Bonchev–Trinajstić information content (AvgIpc) is 2.04. The van der Waals surface area contributed by atoms with E-state index in [1.807, 2.05) is 14.1 Å². The molecule has 0 amide bonds. The Morgan fingerprint density at radius 1 is 1.33 bits per heavy atom. The molecular formula is C10H12FN. The second-order valence-electron chi connectivity index (χ2n) is 2.82. The molecule has 0 spiro atoms. The van der Waals surface area contributed by atoms with Crippen LogP contribution in [0.2, 0.25) is 0 Å². The first-order valence-electron chi connectivity index (χ1n) is 3.74. The molecule has 1 aromatic carbocycles. The fraction of sp³-hybridized carbons (Fsp3) is 0.200. The Morgan fingerprint density at radius 2 is 1.92 bits per heavy atom. The molecule has 0 heterocycles. The molecule has 64 valence electrons. The van der Waals surface area contributed by atoms with Gasteiger partial charge in [-0.3, -0.25) is 0 Å². The van der Waals surface area contributed by atoms with E-state index in [9.17, 15) is 4.39 Å². The summed E-state index contributed by atoms with van der Waals surface area (Å²) in [7, 11) is 3.68. The SMILES string of the molecule is C=C(c1ccccc1F)N(C)C. The summed E-state index contributed by atoms with van der Waals surface area (Å²) in [5, 5.41) is 0. The molecule has 0 aliphatic rings. The van der Waals surface area contributed by atoms with Crippen LogP contribution >= 0.6 is 0 Å². The molecule has 0 unspecified atom stereocenters. The molecule has 0 aliphatic heterocycles. The third-order valence-corrected chi connectivity index (χ3v) is 1.72. The predicted molar refractivity (Wildman–Crippen MR) is 49.1 cm³/mol. The van der Waals surface area contributed by atoms with Gasteiger partial charge in [0.15, 0.2) is 0 Å². The number of nitrogens with zero attached hydrogens (tertiary/aromatic N) is 1. The number of rotatable bonds is 2. The molecule has 1 aromatic rings. The van der Waals surface area contributed by atoms with Crippen LogP contribution in [0.25, 0.3) is 5.70 Å².